The van der Waals surface area contributed by atoms with Crippen LogP contribution in [0.2, 0.25) is 5.02 Å². The maximum Gasteiger partial charge on any atom is 0.119 e. The van der Waals surface area contributed by atoms with Crippen molar-refractivity contribution >= 4 is 17.3 Å². The molecule has 2 rings (SSSR count). The van der Waals surface area contributed by atoms with Crippen molar-refractivity contribution in [3.8, 4) is 5.75 Å². The molecule has 1 atom stereocenters. The lowest BCUT2D eigenvalue weighted by Gasteiger charge is -2.18. The van der Waals surface area contributed by atoms with Gasteiger partial charge in [0.1, 0.15) is 5.75 Å². The van der Waals surface area contributed by atoms with Crippen molar-refractivity contribution in [2.24, 2.45) is 0 Å². The molecule has 0 fully saturated rings. The summed E-state index contributed by atoms with van der Waals surface area (Å²) < 4.78 is 5.21. The third-order valence-electron chi connectivity index (χ3n) is 3.15. The topological polar surface area (TPSA) is 21.3 Å². The van der Waals surface area contributed by atoms with E-state index >= 15 is 0 Å². The predicted molar refractivity (Wildman–Crippen MR) is 81.2 cm³/mol. The quantitative estimate of drug-likeness (QED) is 0.863. The highest BCUT2D eigenvalue weighted by Gasteiger charge is 2.07. The fourth-order valence-corrected chi connectivity index (χ4v) is 2.22. The molecule has 0 saturated heterocycles. The van der Waals surface area contributed by atoms with E-state index in [0.717, 1.165) is 22.0 Å². The number of rotatable bonds is 4. The number of anilines is 1. The minimum atomic E-state index is 0.200. The zero-order valence-electron chi connectivity index (χ0n) is 11.4. The molecule has 0 radical (unpaired) electrons. The van der Waals surface area contributed by atoms with E-state index in [9.17, 15) is 0 Å². The Morgan fingerprint density at radius 1 is 1.16 bits per heavy atom. The first-order valence-corrected chi connectivity index (χ1v) is 6.64. The Morgan fingerprint density at radius 2 is 1.95 bits per heavy atom. The van der Waals surface area contributed by atoms with Gasteiger partial charge in [-0.2, -0.15) is 0 Å². The molecule has 100 valence electrons. The highest BCUT2D eigenvalue weighted by molar-refractivity contribution is 6.30. The van der Waals surface area contributed by atoms with E-state index in [1.807, 2.05) is 36.4 Å². The number of benzene rings is 2. The molecular weight excluding hydrogens is 258 g/mol. The highest BCUT2D eigenvalue weighted by Crippen LogP contribution is 2.26. The summed E-state index contributed by atoms with van der Waals surface area (Å²) in [7, 11) is 1.68. The number of hydrogen-bond donors (Lipinski definition) is 1. The molecule has 0 aliphatic carbocycles. The Labute approximate surface area is 119 Å². The molecule has 0 aliphatic heterocycles. The summed E-state index contributed by atoms with van der Waals surface area (Å²) in [4.78, 5) is 0. The summed E-state index contributed by atoms with van der Waals surface area (Å²) >= 11 is 6.02. The van der Waals surface area contributed by atoms with E-state index in [1.165, 1.54) is 5.56 Å². The minimum Gasteiger partial charge on any atom is -0.497 e. The molecular formula is C16H18ClNO. The molecule has 0 saturated carbocycles. The van der Waals surface area contributed by atoms with Gasteiger partial charge in [0.05, 0.1) is 7.11 Å². The van der Waals surface area contributed by atoms with Crippen LogP contribution in [-0.4, -0.2) is 7.11 Å². The van der Waals surface area contributed by atoms with Gasteiger partial charge >= 0.3 is 0 Å². The van der Waals surface area contributed by atoms with Crippen LogP contribution in [0.4, 0.5) is 5.69 Å². The highest BCUT2D eigenvalue weighted by atomic mass is 35.5. The van der Waals surface area contributed by atoms with Crippen LogP contribution >= 0.6 is 11.6 Å². The maximum atomic E-state index is 6.02. The van der Waals surface area contributed by atoms with Crippen molar-refractivity contribution in [3.05, 3.63) is 58.6 Å². The maximum absolute atomic E-state index is 6.02. The van der Waals surface area contributed by atoms with E-state index < -0.39 is 0 Å². The summed E-state index contributed by atoms with van der Waals surface area (Å²) in [6, 6.07) is 14.1. The van der Waals surface area contributed by atoms with Gasteiger partial charge in [-0.05, 0) is 55.3 Å². The zero-order valence-corrected chi connectivity index (χ0v) is 12.2. The van der Waals surface area contributed by atoms with Gasteiger partial charge in [0, 0.05) is 16.8 Å². The van der Waals surface area contributed by atoms with Crippen LogP contribution in [0.3, 0.4) is 0 Å². The molecule has 2 aromatic carbocycles. The van der Waals surface area contributed by atoms with Crippen molar-refractivity contribution in [3.63, 3.8) is 0 Å². The third kappa shape index (κ3) is 3.42. The van der Waals surface area contributed by atoms with E-state index in [2.05, 4.69) is 25.2 Å². The van der Waals surface area contributed by atoms with Gasteiger partial charge in [-0.1, -0.05) is 23.7 Å². The van der Waals surface area contributed by atoms with Gasteiger partial charge < -0.3 is 10.1 Å². The van der Waals surface area contributed by atoms with Crippen LogP contribution < -0.4 is 10.1 Å². The fraction of sp³-hybridized carbons (Fsp3) is 0.250. The molecule has 0 aromatic heterocycles. The van der Waals surface area contributed by atoms with Crippen LogP contribution in [0.1, 0.15) is 24.1 Å². The fourth-order valence-electron chi connectivity index (χ4n) is 2.02. The van der Waals surface area contributed by atoms with Crippen molar-refractivity contribution in [1.82, 2.24) is 0 Å². The van der Waals surface area contributed by atoms with E-state index in [4.69, 9.17) is 16.3 Å². The zero-order chi connectivity index (χ0) is 13.8. The second-order valence-electron chi connectivity index (χ2n) is 4.60. The van der Waals surface area contributed by atoms with Gasteiger partial charge in [0.15, 0.2) is 0 Å². The third-order valence-corrected chi connectivity index (χ3v) is 3.39. The Bertz CT molecular complexity index is 568. The van der Waals surface area contributed by atoms with Crippen LogP contribution in [0.5, 0.6) is 5.75 Å². The molecule has 3 heteroatoms. The van der Waals surface area contributed by atoms with Crippen LogP contribution in [0, 0.1) is 6.92 Å². The number of nitrogens with one attached hydrogen (secondary N) is 1. The first-order chi connectivity index (χ1) is 9.10. The van der Waals surface area contributed by atoms with Crippen molar-refractivity contribution < 1.29 is 4.74 Å². The molecule has 19 heavy (non-hydrogen) atoms. The summed E-state index contributed by atoms with van der Waals surface area (Å²) in [6.45, 7) is 4.19. The Kier molecular flexibility index (Phi) is 4.33. The number of ether oxygens (including phenoxy) is 1. The molecule has 2 aromatic rings. The smallest absolute Gasteiger partial charge is 0.119 e. The van der Waals surface area contributed by atoms with Gasteiger partial charge in [0.25, 0.3) is 0 Å². The van der Waals surface area contributed by atoms with Crippen molar-refractivity contribution in [2.45, 2.75) is 19.9 Å². The second kappa shape index (κ2) is 5.98. The minimum absolute atomic E-state index is 0.200. The predicted octanol–water partition coefficient (Wildman–Crippen LogP) is 4.83. The lowest BCUT2D eigenvalue weighted by molar-refractivity contribution is 0.414. The number of methoxy groups -OCH3 is 1. The monoisotopic (exact) mass is 275 g/mol. The van der Waals surface area contributed by atoms with E-state index in [0.29, 0.717) is 0 Å². The Balaban J connectivity index is 2.17. The summed E-state index contributed by atoms with van der Waals surface area (Å²) in [5.74, 6) is 0.874. The lowest BCUT2D eigenvalue weighted by Crippen LogP contribution is -2.07. The normalized spacial score (nSPS) is 12.0. The molecule has 2 nitrogen and oxygen atoms in total. The standard InChI is InChI=1S/C16H18ClNO/c1-11-9-15(19-3)7-8-16(11)18-12(2)13-5-4-6-14(17)10-13/h4-10,12,18H,1-3H3. The molecule has 1 N–H and O–H groups in total. The largest absolute Gasteiger partial charge is 0.497 e. The van der Waals surface area contributed by atoms with Crippen molar-refractivity contribution in [1.29, 1.82) is 0 Å². The molecule has 0 aliphatic rings. The number of hydrogen-bond acceptors (Lipinski definition) is 2. The molecule has 0 spiro atoms. The summed E-state index contributed by atoms with van der Waals surface area (Å²) in [6.07, 6.45) is 0. The van der Waals surface area contributed by atoms with E-state index in [1.54, 1.807) is 7.11 Å². The molecule has 1 unspecified atom stereocenters. The van der Waals surface area contributed by atoms with E-state index in [-0.39, 0.29) is 6.04 Å². The summed E-state index contributed by atoms with van der Waals surface area (Å²) in [5, 5.41) is 4.25. The SMILES string of the molecule is COc1ccc(NC(C)c2cccc(Cl)c2)c(C)c1. The Hall–Kier alpha value is -1.67. The lowest BCUT2D eigenvalue weighted by atomic mass is 10.1. The van der Waals surface area contributed by atoms with Gasteiger partial charge in [-0.3, -0.25) is 0 Å². The number of halogens is 1. The first kappa shape index (κ1) is 13.8. The molecule has 0 bridgehead atoms. The Morgan fingerprint density at radius 3 is 2.58 bits per heavy atom. The van der Waals surface area contributed by atoms with Gasteiger partial charge in [-0.15, -0.1) is 0 Å². The second-order valence-corrected chi connectivity index (χ2v) is 5.04. The van der Waals surface area contributed by atoms with Gasteiger partial charge in [0.2, 0.25) is 0 Å². The average Bonchev–Trinajstić information content (AvgIpc) is 2.41. The molecule has 0 heterocycles. The molecule has 0 amide bonds. The average molecular weight is 276 g/mol. The van der Waals surface area contributed by atoms with Crippen LogP contribution in [0.15, 0.2) is 42.5 Å². The van der Waals surface area contributed by atoms with Crippen molar-refractivity contribution in [2.75, 3.05) is 12.4 Å². The van der Waals surface area contributed by atoms with Crippen LogP contribution in [-0.2, 0) is 0 Å². The number of aryl methyl sites for hydroxylation is 1. The van der Waals surface area contributed by atoms with Crippen LogP contribution in [0.25, 0.3) is 0 Å². The summed E-state index contributed by atoms with van der Waals surface area (Å²) in [5.41, 5.74) is 3.43. The van der Waals surface area contributed by atoms with Gasteiger partial charge in [-0.25, -0.2) is 0 Å². The first-order valence-electron chi connectivity index (χ1n) is 6.27.